The maximum atomic E-state index is 13.0. The fraction of sp³-hybridized carbons (Fsp3) is 0.409. The zero-order valence-electron chi connectivity index (χ0n) is 17.1. The number of amides is 2. The minimum atomic E-state index is -0.536. The number of thiophene rings is 1. The maximum absolute atomic E-state index is 13.0. The molecule has 1 saturated heterocycles. The van der Waals surface area contributed by atoms with E-state index in [4.69, 9.17) is 16.3 Å². The second-order valence-corrected chi connectivity index (χ2v) is 8.64. The highest BCUT2D eigenvalue weighted by molar-refractivity contribution is 7.18. The van der Waals surface area contributed by atoms with Crippen molar-refractivity contribution in [1.82, 2.24) is 4.90 Å². The SMILES string of the molecule is CCOC(=O)c1c(NC(=O)Cc2ccc(Cl)cc2)sc(C(=O)N2CCCCC2)c1C. The molecule has 0 atom stereocenters. The second kappa shape index (κ2) is 10.1. The number of carbonyl (C=O) groups is 3. The summed E-state index contributed by atoms with van der Waals surface area (Å²) in [7, 11) is 0. The Balaban J connectivity index is 1.85. The van der Waals surface area contributed by atoms with Gasteiger partial charge < -0.3 is 15.0 Å². The van der Waals surface area contributed by atoms with Gasteiger partial charge in [-0.25, -0.2) is 4.79 Å². The molecule has 1 fully saturated rings. The summed E-state index contributed by atoms with van der Waals surface area (Å²) in [6.45, 7) is 5.08. The summed E-state index contributed by atoms with van der Waals surface area (Å²) in [5, 5.41) is 3.75. The molecule has 2 amide bonds. The molecular formula is C22H25ClN2O4S. The fourth-order valence-corrected chi connectivity index (χ4v) is 4.76. The predicted molar refractivity (Wildman–Crippen MR) is 119 cm³/mol. The number of ether oxygens (including phenoxy) is 1. The minimum Gasteiger partial charge on any atom is -0.462 e. The Morgan fingerprint density at radius 3 is 2.43 bits per heavy atom. The minimum absolute atomic E-state index is 0.0963. The van der Waals surface area contributed by atoms with Crippen LogP contribution in [0.2, 0.25) is 5.02 Å². The molecule has 2 heterocycles. The van der Waals surface area contributed by atoms with Crippen LogP contribution in [0.3, 0.4) is 0 Å². The van der Waals surface area contributed by atoms with E-state index in [1.165, 1.54) is 0 Å². The largest absolute Gasteiger partial charge is 0.462 e. The molecular weight excluding hydrogens is 424 g/mol. The first kappa shape index (κ1) is 22.3. The Bertz CT molecular complexity index is 933. The Labute approximate surface area is 185 Å². The van der Waals surface area contributed by atoms with Crippen molar-refractivity contribution in [2.24, 2.45) is 0 Å². The van der Waals surface area contributed by atoms with E-state index in [0.29, 0.717) is 33.6 Å². The Hall–Kier alpha value is -2.38. The predicted octanol–water partition coefficient (Wildman–Crippen LogP) is 4.69. The number of likely N-dealkylation sites (tertiary alicyclic amines) is 1. The highest BCUT2D eigenvalue weighted by Crippen LogP contribution is 2.35. The van der Waals surface area contributed by atoms with Crippen molar-refractivity contribution in [2.45, 2.75) is 39.5 Å². The number of benzene rings is 1. The van der Waals surface area contributed by atoms with E-state index in [2.05, 4.69) is 5.32 Å². The molecule has 8 heteroatoms. The summed E-state index contributed by atoms with van der Waals surface area (Å²) in [5.41, 5.74) is 1.61. The van der Waals surface area contributed by atoms with Gasteiger partial charge in [-0.05, 0) is 56.4 Å². The van der Waals surface area contributed by atoms with Gasteiger partial charge in [0, 0.05) is 18.1 Å². The molecule has 0 radical (unpaired) electrons. The lowest BCUT2D eigenvalue weighted by Crippen LogP contribution is -2.35. The van der Waals surface area contributed by atoms with Crippen LogP contribution in [-0.2, 0) is 16.0 Å². The molecule has 0 unspecified atom stereocenters. The average molecular weight is 449 g/mol. The van der Waals surface area contributed by atoms with Crippen molar-refractivity contribution in [2.75, 3.05) is 25.0 Å². The van der Waals surface area contributed by atoms with E-state index in [9.17, 15) is 14.4 Å². The number of halogens is 1. The van der Waals surface area contributed by atoms with Crippen molar-refractivity contribution < 1.29 is 19.1 Å². The van der Waals surface area contributed by atoms with E-state index in [1.807, 2.05) is 4.90 Å². The number of nitrogens with one attached hydrogen (secondary N) is 1. The number of nitrogens with zero attached hydrogens (tertiary/aromatic N) is 1. The van der Waals surface area contributed by atoms with Gasteiger partial charge in [-0.2, -0.15) is 0 Å². The van der Waals surface area contributed by atoms with Crippen molar-refractivity contribution in [3.63, 3.8) is 0 Å². The zero-order chi connectivity index (χ0) is 21.7. The first-order valence-electron chi connectivity index (χ1n) is 10.0. The molecule has 1 aliphatic heterocycles. The van der Waals surface area contributed by atoms with Crippen molar-refractivity contribution in [1.29, 1.82) is 0 Å². The van der Waals surface area contributed by atoms with Gasteiger partial charge in [0.25, 0.3) is 5.91 Å². The number of hydrogen-bond donors (Lipinski definition) is 1. The van der Waals surface area contributed by atoms with Crippen LogP contribution in [0.15, 0.2) is 24.3 Å². The summed E-state index contributed by atoms with van der Waals surface area (Å²) >= 11 is 7.03. The zero-order valence-corrected chi connectivity index (χ0v) is 18.7. The standard InChI is InChI=1S/C22H25ClN2O4S/c1-3-29-22(28)18-14(2)19(21(27)25-11-5-4-6-12-25)30-20(18)24-17(26)13-15-7-9-16(23)10-8-15/h7-10H,3-6,11-13H2,1-2H3,(H,24,26). The van der Waals surface area contributed by atoms with E-state index in [0.717, 1.165) is 36.2 Å². The van der Waals surface area contributed by atoms with E-state index >= 15 is 0 Å². The molecule has 6 nitrogen and oxygen atoms in total. The highest BCUT2D eigenvalue weighted by atomic mass is 35.5. The summed E-state index contributed by atoms with van der Waals surface area (Å²) in [5.74, 6) is -0.909. The van der Waals surface area contributed by atoms with Crippen LogP contribution in [0.4, 0.5) is 5.00 Å². The molecule has 0 aliphatic carbocycles. The quantitative estimate of drug-likeness (QED) is 0.650. The fourth-order valence-electron chi connectivity index (χ4n) is 3.45. The number of piperidine rings is 1. The van der Waals surface area contributed by atoms with Gasteiger partial charge in [0.15, 0.2) is 0 Å². The van der Waals surface area contributed by atoms with Crippen molar-refractivity contribution in [3.05, 3.63) is 50.9 Å². The monoisotopic (exact) mass is 448 g/mol. The number of anilines is 1. The average Bonchev–Trinajstić information content (AvgIpc) is 3.05. The summed E-state index contributed by atoms with van der Waals surface area (Å²) in [4.78, 5) is 40.5. The number of carbonyl (C=O) groups excluding carboxylic acids is 3. The summed E-state index contributed by atoms with van der Waals surface area (Å²) < 4.78 is 5.18. The molecule has 2 aromatic rings. The molecule has 0 spiro atoms. The van der Waals surface area contributed by atoms with E-state index in [-0.39, 0.29) is 30.4 Å². The highest BCUT2D eigenvalue weighted by Gasteiger charge is 2.29. The van der Waals surface area contributed by atoms with E-state index in [1.54, 1.807) is 38.1 Å². The number of hydrogen-bond acceptors (Lipinski definition) is 5. The molecule has 0 bridgehead atoms. The Morgan fingerprint density at radius 2 is 1.80 bits per heavy atom. The first-order valence-corrected chi connectivity index (χ1v) is 11.2. The lowest BCUT2D eigenvalue weighted by Gasteiger charge is -2.26. The van der Waals surface area contributed by atoms with E-state index < -0.39 is 5.97 Å². The van der Waals surface area contributed by atoms with Crippen molar-refractivity contribution in [3.8, 4) is 0 Å². The van der Waals surface area contributed by atoms with Gasteiger partial charge in [-0.15, -0.1) is 11.3 Å². The van der Waals surface area contributed by atoms with Crippen LogP contribution >= 0.6 is 22.9 Å². The molecule has 1 aromatic carbocycles. The molecule has 1 aromatic heterocycles. The van der Waals surface area contributed by atoms with Crippen LogP contribution in [0.1, 0.15) is 57.3 Å². The third-order valence-electron chi connectivity index (χ3n) is 4.99. The number of esters is 1. The van der Waals surface area contributed by atoms with Gasteiger partial charge >= 0.3 is 5.97 Å². The summed E-state index contributed by atoms with van der Waals surface area (Å²) in [6.07, 6.45) is 3.20. The first-order chi connectivity index (χ1) is 14.4. The van der Waals surface area contributed by atoms with Crippen molar-refractivity contribution >= 4 is 45.7 Å². The maximum Gasteiger partial charge on any atom is 0.341 e. The van der Waals surface area contributed by atoms with Crippen LogP contribution in [0.5, 0.6) is 0 Å². The Kier molecular flexibility index (Phi) is 7.50. The van der Waals surface area contributed by atoms with Gasteiger partial charge in [-0.3, -0.25) is 9.59 Å². The van der Waals surface area contributed by atoms with Gasteiger partial charge in [0.1, 0.15) is 5.00 Å². The van der Waals surface area contributed by atoms with Gasteiger partial charge in [-0.1, -0.05) is 23.7 Å². The number of rotatable bonds is 6. The molecule has 160 valence electrons. The van der Waals surface area contributed by atoms with Gasteiger partial charge in [0.2, 0.25) is 5.91 Å². The van der Waals surface area contributed by atoms with Crippen LogP contribution < -0.4 is 5.32 Å². The normalized spacial score (nSPS) is 13.8. The molecule has 1 N–H and O–H groups in total. The lowest BCUT2D eigenvalue weighted by molar-refractivity contribution is -0.115. The molecule has 30 heavy (non-hydrogen) atoms. The molecule has 3 rings (SSSR count). The summed E-state index contributed by atoms with van der Waals surface area (Å²) in [6, 6.07) is 7.00. The van der Waals surface area contributed by atoms with Crippen LogP contribution in [-0.4, -0.2) is 42.4 Å². The van der Waals surface area contributed by atoms with Crippen LogP contribution in [0, 0.1) is 6.92 Å². The topological polar surface area (TPSA) is 75.7 Å². The Morgan fingerprint density at radius 1 is 1.13 bits per heavy atom. The third-order valence-corrected chi connectivity index (χ3v) is 6.44. The third kappa shape index (κ3) is 5.21. The van der Waals surface area contributed by atoms with Gasteiger partial charge in [0.05, 0.1) is 23.5 Å². The second-order valence-electron chi connectivity index (χ2n) is 7.19. The van der Waals surface area contributed by atoms with Crippen LogP contribution in [0.25, 0.3) is 0 Å². The lowest BCUT2D eigenvalue weighted by atomic mass is 10.1. The molecule has 1 aliphatic rings. The smallest absolute Gasteiger partial charge is 0.341 e. The molecule has 0 saturated carbocycles.